The van der Waals surface area contributed by atoms with Crippen LogP contribution in [-0.4, -0.2) is 52.3 Å². The van der Waals surface area contributed by atoms with Crippen LogP contribution in [0.4, 0.5) is 22.9 Å². The third-order valence-corrected chi connectivity index (χ3v) is 5.42. The highest BCUT2D eigenvalue weighted by Gasteiger charge is 2.25. The molecule has 3 aromatic rings. The predicted octanol–water partition coefficient (Wildman–Crippen LogP) is 2.48. The van der Waals surface area contributed by atoms with Gasteiger partial charge in [-0.05, 0) is 37.1 Å². The summed E-state index contributed by atoms with van der Waals surface area (Å²) in [5.74, 6) is 0.925. The third kappa shape index (κ3) is 4.11. The number of H-pyrrole nitrogens is 1. The summed E-state index contributed by atoms with van der Waals surface area (Å²) in [6.07, 6.45) is 5.48. The molecule has 1 aliphatic heterocycles. The fraction of sp³-hybridized carbons (Fsp3) is 0.333. The van der Waals surface area contributed by atoms with Gasteiger partial charge >= 0.3 is 0 Å². The van der Waals surface area contributed by atoms with Crippen LogP contribution in [0, 0.1) is 0 Å². The number of nitrogens with zero attached hydrogens (tertiary/aromatic N) is 4. The van der Waals surface area contributed by atoms with Gasteiger partial charge in [0.1, 0.15) is 17.8 Å². The molecule has 1 saturated carbocycles. The van der Waals surface area contributed by atoms with Crippen LogP contribution in [0.15, 0.2) is 42.9 Å². The van der Waals surface area contributed by atoms with Crippen LogP contribution < -0.4 is 20.9 Å². The zero-order valence-electron chi connectivity index (χ0n) is 16.6. The second-order valence-corrected chi connectivity index (χ2v) is 7.62. The van der Waals surface area contributed by atoms with Gasteiger partial charge in [-0.1, -0.05) is 0 Å². The Balaban J connectivity index is 1.26. The molecule has 3 heterocycles. The van der Waals surface area contributed by atoms with Crippen molar-refractivity contribution in [3.63, 3.8) is 0 Å². The second kappa shape index (κ2) is 8.11. The predicted molar refractivity (Wildman–Crippen MR) is 115 cm³/mol. The maximum Gasteiger partial charge on any atom is 0.275 e. The van der Waals surface area contributed by atoms with E-state index in [0.717, 1.165) is 43.2 Å². The standard InChI is InChI=1S/C21H24N8O/c30-21(26-15-3-5-16(6-4-15)29-9-7-22-8-10-29)20-18(12-25-28-20)27-19-11-17(14-1-2-14)23-13-24-19/h3-6,11-14,22H,1-2,7-10H2,(H,25,28)(H,26,30)(H,23,24,27). The minimum atomic E-state index is -0.263. The Morgan fingerprint density at radius 1 is 1.10 bits per heavy atom. The number of hydrogen-bond acceptors (Lipinski definition) is 7. The second-order valence-electron chi connectivity index (χ2n) is 7.62. The van der Waals surface area contributed by atoms with E-state index in [1.807, 2.05) is 30.3 Å². The summed E-state index contributed by atoms with van der Waals surface area (Å²) in [6.45, 7) is 3.95. The summed E-state index contributed by atoms with van der Waals surface area (Å²) in [5.41, 5.74) is 3.86. The minimum Gasteiger partial charge on any atom is -0.369 e. The lowest BCUT2D eigenvalue weighted by atomic mass is 10.2. The first-order valence-electron chi connectivity index (χ1n) is 10.3. The Kier molecular flexibility index (Phi) is 5.02. The number of nitrogens with one attached hydrogen (secondary N) is 4. The molecule has 2 aliphatic rings. The molecule has 5 rings (SSSR count). The molecule has 4 N–H and O–H groups in total. The lowest BCUT2D eigenvalue weighted by molar-refractivity contribution is 0.102. The number of hydrogen-bond donors (Lipinski definition) is 4. The summed E-state index contributed by atoms with van der Waals surface area (Å²) in [4.78, 5) is 23.7. The van der Waals surface area contributed by atoms with Crippen molar-refractivity contribution in [1.29, 1.82) is 0 Å². The van der Waals surface area contributed by atoms with Crippen molar-refractivity contribution in [3.8, 4) is 0 Å². The molecule has 0 spiro atoms. The van der Waals surface area contributed by atoms with E-state index in [4.69, 9.17) is 0 Å². The van der Waals surface area contributed by atoms with Crippen LogP contribution >= 0.6 is 0 Å². The number of amides is 1. The van der Waals surface area contributed by atoms with Crippen LogP contribution in [0.5, 0.6) is 0 Å². The van der Waals surface area contributed by atoms with Crippen molar-refractivity contribution >= 4 is 28.8 Å². The van der Waals surface area contributed by atoms with Crippen LogP contribution in [0.2, 0.25) is 0 Å². The molecule has 0 unspecified atom stereocenters. The van der Waals surface area contributed by atoms with Crippen molar-refractivity contribution in [2.75, 3.05) is 41.7 Å². The van der Waals surface area contributed by atoms with E-state index in [1.165, 1.54) is 12.8 Å². The van der Waals surface area contributed by atoms with Gasteiger partial charge in [0.15, 0.2) is 0 Å². The normalized spacial score (nSPS) is 16.3. The van der Waals surface area contributed by atoms with Crippen molar-refractivity contribution in [2.24, 2.45) is 0 Å². The molecule has 2 fully saturated rings. The van der Waals surface area contributed by atoms with Crippen LogP contribution in [-0.2, 0) is 0 Å². The molecule has 1 aliphatic carbocycles. The van der Waals surface area contributed by atoms with E-state index < -0.39 is 0 Å². The third-order valence-electron chi connectivity index (χ3n) is 5.42. The zero-order chi connectivity index (χ0) is 20.3. The lowest BCUT2D eigenvalue weighted by Crippen LogP contribution is -2.43. The Labute approximate surface area is 174 Å². The van der Waals surface area contributed by atoms with Crippen molar-refractivity contribution < 1.29 is 4.79 Å². The number of carbonyl (C=O) groups is 1. The van der Waals surface area contributed by atoms with E-state index in [-0.39, 0.29) is 5.91 Å². The molecule has 1 amide bonds. The molecular formula is C21H24N8O. The molecule has 154 valence electrons. The average Bonchev–Trinajstić information content (AvgIpc) is 3.54. The highest BCUT2D eigenvalue weighted by atomic mass is 16.2. The largest absolute Gasteiger partial charge is 0.369 e. The number of rotatable bonds is 6. The monoisotopic (exact) mass is 404 g/mol. The highest BCUT2D eigenvalue weighted by Crippen LogP contribution is 2.39. The quantitative estimate of drug-likeness (QED) is 0.499. The number of carbonyl (C=O) groups excluding carboxylic acids is 1. The molecule has 2 aromatic heterocycles. The van der Waals surface area contributed by atoms with Gasteiger partial charge in [-0.3, -0.25) is 9.89 Å². The topological polar surface area (TPSA) is 111 Å². The molecular weight excluding hydrogens is 380 g/mol. The Morgan fingerprint density at radius 2 is 1.90 bits per heavy atom. The highest BCUT2D eigenvalue weighted by molar-refractivity contribution is 6.06. The van der Waals surface area contributed by atoms with Gasteiger partial charge in [-0.25, -0.2) is 9.97 Å². The summed E-state index contributed by atoms with van der Waals surface area (Å²) in [5, 5.41) is 16.2. The molecule has 9 heteroatoms. The van der Waals surface area contributed by atoms with E-state index in [0.29, 0.717) is 23.1 Å². The van der Waals surface area contributed by atoms with E-state index in [1.54, 1.807) is 12.5 Å². The van der Waals surface area contributed by atoms with Gasteiger partial charge in [0.05, 0.1) is 11.9 Å². The van der Waals surface area contributed by atoms with E-state index >= 15 is 0 Å². The molecule has 1 aromatic carbocycles. The molecule has 1 saturated heterocycles. The van der Waals surface area contributed by atoms with Gasteiger partial charge in [0.2, 0.25) is 0 Å². The zero-order valence-corrected chi connectivity index (χ0v) is 16.6. The van der Waals surface area contributed by atoms with Crippen LogP contribution in [0.1, 0.15) is 34.9 Å². The average molecular weight is 404 g/mol. The molecule has 0 atom stereocenters. The summed E-state index contributed by atoms with van der Waals surface area (Å²) in [7, 11) is 0. The first kappa shape index (κ1) is 18.6. The number of aromatic nitrogens is 4. The van der Waals surface area contributed by atoms with Crippen LogP contribution in [0.3, 0.4) is 0 Å². The maximum absolute atomic E-state index is 12.8. The lowest BCUT2D eigenvalue weighted by Gasteiger charge is -2.29. The molecule has 0 radical (unpaired) electrons. The van der Waals surface area contributed by atoms with Crippen molar-refractivity contribution in [2.45, 2.75) is 18.8 Å². The summed E-state index contributed by atoms with van der Waals surface area (Å²) >= 11 is 0. The van der Waals surface area contributed by atoms with Gasteiger partial charge in [0, 0.05) is 55.2 Å². The molecule has 9 nitrogen and oxygen atoms in total. The maximum atomic E-state index is 12.8. The minimum absolute atomic E-state index is 0.263. The number of benzene rings is 1. The number of anilines is 4. The Bertz CT molecular complexity index is 1020. The van der Waals surface area contributed by atoms with Gasteiger partial charge < -0.3 is 20.9 Å². The summed E-state index contributed by atoms with van der Waals surface area (Å²) in [6, 6.07) is 9.85. The first-order valence-corrected chi connectivity index (χ1v) is 10.3. The summed E-state index contributed by atoms with van der Waals surface area (Å²) < 4.78 is 0. The van der Waals surface area contributed by atoms with E-state index in [9.17, 15) is 4.79 Å². The SMILES string of the molecule is O=C(Nc1ccc(N2CCNCC2)cc1)c1[nH]ncc1Nc1cc(C2CC2)ncn1. The van der Waals surface area contributed by atoms with E-state index in [2.05, 4.69) is 41.0 Å². The van der Waals surface area contributed by atoms with Crippen molar-refractivity contribution in [3.05, 3.63) is 54.2 Å². The fourth-order valence-electron chi connectivity index (χ4n) is 3.61. The fourth-order valence-corrected chi connectivity index (χ4v) is 3.61. The van der Waals surface area contributed by atoms with Gasteiger partial charge in [-0.2, -0.15) is 5.10 Å². The molecule has 0 bridgehead atoms. The van der Waals surface area contributed by atoms with Crippen molar-refractivity contribution in [1.82, 2.24) is 25.5 Å². The van der Waals surface area contributed by atoms with Gasteiger partial charge in [0.25, 0.3) is 5.91 Å². The Morgan fingerprint density at radius 3 is 2.67 bits per heavy atom. The number of piperazine rings is 1. The Hall–Kier alpha value is -3.46. The smallest absolute Gasteiger partial charge is 0.275 e. The number of aromatic amines is 1. The molecule has 30 heavy (non-hydrogen) atoms. The van der Waals surface area contributed by atoms with Crippen LogP contribution in [0.25, 0.3) is 0 Å². The van der Waals surface area contributed by atoms with Gasteiger partial charge in [-0.15, -0.1) is 0 Å². The first-order chi connectivity index (χ1) is 14.8.